The predicted molar refractivity (Wildman–Crippen MR) is 74.0 cm³/mol. The van der Waals surface area contributed by atoms with Gasteiger partial charge in [-0.25, -0.2) is 9.98 Å². The highest BCUT2D eigenvalue weighted by Crippen LogP contribution is 2.18. The molecule has 0 saturated carbocycles. The highest BCUT2D eigenvalue weighted by molar-refractivity contribution is 7.80. The van der Waals surface area contributed by atoms with E-state index in [0.717, 1.165) is 6.42 Å². The molecule has 0 aromatic heterocycles. The lowest BCUT2D eigenvalue weighted by Gasteiger charge is -2.29. The summed E-state index contributed by atoms with van der Waals surface area (Å²) in [4.78, 5) is 22.0. The van der Waals surface area contributed by atoms with E-state index in [1.54, 1.807) is 18.4 Å². The molecule has 0 spiro atoms. The van der Waals surface area contributed by atoms with Crippen molar-refractivity contribution in [3.8, 4) is 0 Å². The van der Waals surface area contributed by atoms with Gasteiger partial charge in [-0.3, -0.25) is 9.69 Å². The molecule has 0 saturated heterocycles. The summed E-state index contributed by atoms with van der Waals surface area (Å²) in [5.41, 5.74) is 0. The Balaban J connectivity index is 2.02. The fourth-order valence-electron chi connectivity index (χ4n) is 1.83. The summed E-state index contributed by atoms with van der Waals surface area (Å²) in [6.45, 7) is 3.79. The van der Waals surface area contributed by atoms with Crippen LogP contribution in [-0.4, -0.2) is 47.7 Å². The zero-order chi connectivity index (χ0) is 13.0. The van der Waals surface area contributed by atoms with Crippen molar-refractivity contribution in [3.05, 3.63) is 12.2 Å². The van der Waals surface area contributed by atoms with E-state index in [-0.39, 0.29) is 11.8 Å². The van der Waals surface area contributed by atoms with Crippen LogP contribution in [0.2, 0.25) is 0 Å². The summed E-state index contributed by atoms with van der Waals surface area (Å²) in [6, 6.07) is 0. The third-order valence-electron chi connectivity index (χ3n) is 2.72. The van der Waals surface area contributed by atoms with E-state index in [0.29, 0.717) is 30.7 Å². The SMILES string of the molecule is CCOCCCN1C(=O)C2C=CC=NC2=NC1=S. The number of amidine groups is 1. The van der Waals surface area contributed by atoms with E-state index in [1.165, 1.54) is 4.90 Å². The van der Waals surface area contributed by atoms with Crippen LogP contribution < -0.4 is 0 Å². The Labute approximate surface area is 111 Å². The number of nitrogens with zero attached hydrogens (tertiary/aromatic N) is 3. The molecular formula is C12H15N3O2S. The number of thiocarbonyl (C=S) groups is 1. The lowest BCUT2D eigenvalue weighted by atomic mass is 10.0. The van der Waals surface area contributed by atoms with Gasteiger partial charge in [0.05, 0.1) is 0 Å². The van der Waals surface area contributed by atoms with Gasteiger partial charge in [-0.05, 0) is 31.6 Å². The first kappa shape index (κ1) is 13.0. The quantitative estimate of drug-likeness (QED) is 0.554. The molecule has 2 rings (SSSR count). The molecule has 2 heterocycles. The number of hydrogen-bond acceptors (Lipinski definition) is 4. The number of carbonyl (C=O) groups excluding carboxylic acids is 1. The van der Waals surface area contributed by atoms with Crippen LogP contribution in [0, 0.1) is 5.92 Å². The molecule has 0 aliphatic carbocycles. The fraction of sp³-hybridized carbons (Fsp3) is 0.500. The van der Waals surface area contributed by atoms with Crippen LogP contribution in [0.1, 0.15) is 13.3 Å². The third kappa shape index (κ3) is 2.70. The number of ether oxygens (including phenoxy) is 1. The number of fused-ring (bicyclic) bond motifs is 1. The number of rotatable bonds is 5. The van der Waals surface area contributed by atoms with Gasteiger partial charge >= 0.3 is 0 Å². The summed E-state index contributed by atoms with van der Waals surface area (Å²) in [5, 5.41) is 0.301. The number of allylic oxidation sites excluding steroid dienone is 1. The van der Waals surface area contributed by atoms with Gasteiger partial charge in [-0.2, -0.15) is 0 Å². The Hall–Kier alpha value is -1.40. The maximum absolute atomic E-state index is 12.2. The van der Waals surface area contributed by atoms with E-state index in [4.69, 9.17) is 17.0 Å². The molecular weight excluding hydrogens is 250 g/mol. The highest BCUT2D eigenvalue weighted by atomic mass is 32.1. The molecule has 0 bridgehead atoms. The summed E-state index contributed by atoms with van der Waals surface area (Å²) in [6.07, 6.45) is 5.93. The molecule has 2 aliphatic heterocycles. The Bertz CT molecular complexity index is 443. The second kappa shape index (κ2) is 5.97. The Morgan fingerprint density at radius 1 is 1.56 bits per heavy atom. The Morgan fingerprint density at radius 2 is 2.39 bits per heavy atom. The van der Waals surface area contributed by atoms with Crippen molar-refractivity contribution in [3.63, 3.8) is 0 Å². The molecule has 0 aromatic rings. The first-order chi connectivity index (χ1) is 8.74. The van der Waals surface area contributed by atoms with Crippen molar-refractivity contribution >= 4 is 35.3 Å². The van der Waals surface area contributed by atoms with Crippen LogP contribution in [0.4, 0.5) is 0 Å². The molecule has 6 heteroatoms. The van der Waals surface area contributed by atoms with Crippen molar-refractivity contribution in [2.75, 3.05) is 19.8 Å². The zero-order valence-corrected chi connectivity index (χ0v) is 11.0. The topological polar surface area (TPSA) is 54.3 Å². The summed E-state index contributed by atoms with van der Waals surface area (Å²) >= 11 is 5.13. The molecule has 1 unspecified atom stereocenters. The molecule has 0 aromatic carbocycles. The van der Waals surface area contributed by atoms with Crippen molar-refractivity contribution in [2.24, 2.45) is 15.9 Å². The average Bonchev–Trinajstić information content (AvgIpc) is 2.38. The van der Waals surface area contributed by atoms with Gasteiger partial charge in [0.2, 0.25) is 11.0 Å². The molecule has 0 radical (unpaired) electrons. The van der Waals surface area contributed by atoms with Crippen LogP contribution in [-0.2, 0) is 9.53 Å². The predicted octanol–water partition coefficient (Wildman–Crippen LogP) is 1.20. The zero-order valence-electron chi connectivity index (χ0n) is 10.2. The smallest absolute Gasteiger partial charge is 0.243 e. The van der Waals surface area contributed by atoms with Crippen molar-refractivity contribution < 1.29 is 9.53 Å². The van der Waals surface area contributed by atoms with Crippen molar-refractivity contribution in [1.29, 1.82) is 0 Å². The van der Waals surface area contributed by atoms with Gasteiger partial charge in [-0.15, -0.1) is 0 Å². The maximum atomic E-state index is 12.2. The molecule has 1 amide bonds. The summed E-state index contributed by atoms with van der Waals surface area (Å²) in [7, 11) is 0. The van der Waals surface area contributed by atoms with Crippen LogP contribution in [0.25, 0.3) is 0 Å². The van der Waals surface area contributed by atoms with E-state index in [2.05, 4.69) is 9.98 Å². The minimum absolute atomic E-state index is 0.0467. The van der Waals surface area contributed by atoms with Gasteiger partial charge < -0.3 is 4.74 Å². The van der Waals surface area contributed by atoms with Crippen LogP contribution in [0.15, 0.2) is 22.1 Å². The van der Waals surface area contributed by atoms with Crippen LogP contribution in [0.5, 0.6) is 0 Å². The summed E-state index contributed by atoms with van der Waals surface area (Å²) in [5.74, 6) is 0.0666. The van der Waals surface area contributed by atoms with Gasteiger partial charge in [-0.1, -0.05) is 6.08 Å². The molecule has 0 N–H and O–H groups in total. The van der Waals surface area contributed by atoms with Gasteiger partial charge in [0.1, 0.15) is 11.8 Å². The van der Waals surface area contributed by atoms with Gasteiger partial charge in [0.25, 0.3) is 0 Å². The monoisotopic (exact) mass is 265 g/mol. The fourth-order valence-corrected chi connectivity index (χ4v) is 2.11. The normalized spacial score (nSPS) is 22.2. The van der Waals surface area contributed by atoms with Crippen LogP contribution in [0.3, 0.4) is 0 Å². The second-order valence-corrected chi connectivity index (χ2v) is 4.30. The van der Waals surface area contributed by atoms with Gasteiger partial charge in [0, 0.05) is 26.0 Å². The number of aliphatic imine (C=N–C) groups is 2. The van der Waals surface area contributed by atoms with Crippen molar-refractivity contribution in [1.82, 2.24) is 4.90 Å². The van der Waals surface area contributed by atoms with E-state index in [9.17, 15) is 4.79 Å². The maximum Gasteiger partial charge on any atom is 0.243 e. The van der Waals surface area contributed by atoms with E-state index < -0.39 is 0 Å². The second-order valence-electron chi connectivity index (χ2n) is 3.93. The Kier molecular flexibility index (Phi) is 4.33. The van der Waals surface area contributed by atoms with Gasteiger partial charge in [0.15, 0.2) is 0 Å². The molecule has 96 valence electrons. The lowest BCUT2D eigenvalue weighted by molar-refractivity contribution is -0.128. The molecule has 5 nitrogen and oxygen atoms in total. The number of carbonyl (C=O) groups is 1. The lowest BCUT2D eigenvalue weighted by Crippen LogP contribution is -2.46. The first-order valence-electron chi connectivity index (χ1n) is 5.96. The molecule has 1 atom stereocenters. The number of amides is 1. The van der Waals surface area contributed by atoms with E-state index in [1.807, 2.05) is 6.92 Å². The molecule has 18 heavy (non-hydrogen) atoms. The average molecular weight is 265 g/mol. The molecule has 2 aliphatic rings. The largest absolute Gasteiger partial charge is 0.382 e. The van der Waals surface area contributed by atoms with E-state index >= 15 is 0 Å². The van der Waals surface area contributed by atoms with Crippen molar-refractivity contribution in [2.45, 2.75) is 13.3 Å². The third-order valence-corrected chi connectivity index (χ3v) is 3.03. The number of hydrogen-bond donors (Lipinski definition) is 0. The Morgan fingerprint density at radius 3 is 3.17 bits per heavy atom. The van der Waals surface area contributed by atoms with Crippen LogP contribution >= 0.6 is 12.2 Å². The highest BCUT2D eigenvalue weighted by Gasteiger charge is 2.34. The first-order valence-corrected chi connectivity index (χ1v) is 6.37. The molecule has 0 fully saturated rings. The number of dihydropyridines is 1. The minimum Gasteiger partial charge on any atom is -0.382 e. The summed E-state index contributed by atoms with van der Waals surface area (Å²) < 4.78 is 5.25. The minimum atomic E-state index is -0.381. The standard InChI is InChI=1S/C12H15N3O2S/c1-2-17-8-4-7-15-11(16)9-5-3-6-13-10(9)14-12(15)18/h3,5-6,9H,2,4,7-8H2,1H3.